The third-order valence-electron chi connectivity index (χ3n) is 2.43. The van der Waals surface area contributed by atoms with Gasteiger partial charge in [0.05, 0.1) is 5.75 Å². The predicted molar refractivity (Wildman–Crippen MR) is 68.2 cm³/mol. The van der Waals surface area contributed by atoms with Gasteiger partial charge < -0.3 is 4.98 Å². The quantitative estimate of drug-likeness (QED) is 0.691. The van der Waals surface area contributed by atoms with E-state index < -0.39 is 10.0 Å². The number of hydrogen-bond donors (Lipinski definition) is 2. The summed E-state index contributed by atoms with van der Waals surface area (Å²) in [5.74, 6) is 1.52. The molecular weight excluding hydrogens is 238 g/mol. The number of nitrogens with one attached hydrogen (secondary N) is 2. The van der Waals surface area contributed by atoms with Gasteiger partial charge in [-0.25, -0.2) is 18.1 Å². The van der Waals surface area contributed by atoms with Crippen LogP contribution in [0.15, 0.2) is 12.4 Å². The number of rotatable bonds is 8. The number of aromatic nitrogens is 2. The average Bonchev–Trinajstić information content (AvgIpc) is 2.75. The molecule has 0 radical (unpaired) electrons. The lowest BCUT2D eigenvalue weighted by atomic mass is 10.2. The third kappa shape index (κ3) is 6.43. The van der Waals surface area contributed by atoms with Crippen molar-refractivity contribution in [3.63, 3.8) is 0 Å². The Bertz CT molecular complexity index is 398. The highest BCUT2D eigenvalue weighted by molar-refractivity contribution is 7.89. The van der Waals surface area contributed by atoms with Crippen LogP contribution < -0.4 is 4.72 Å². The minimum absolute atomic E-state index is 0.214. The molecule has 0 aromatic carbocycles. The van der Waals surface area contributed by atoms with Crippen molar-refractivity contribution >= 4 is 10.0 Å². The summed E-state index contributed by atoms with van der Waals surface area (Å²) in [6, 6.07) is 0. The zero-order valence-corrected chi connectivity index (χ0v) is 11.3. The Hall–Kier alpha value is -0.880. The number of sulfonamides is 1. The van der Waals surface area contributed by atoms with E-state index in [-0.39, 0.29) is 5.75 Å². The van der Waals surface area contributed by atoms with Crippen LogP contribution in [0.3, 0.4) is 0 Å². The van der Waals surface area contributed by atoms with Gasteiger partial charge in [0, 0.05) is 25.4 Å². The Morgan fingerprint density at radius 2 is 2.24 bits per heavy atom. The molecule has 0 amide bonds. The van der Waals surface area contributed by atoms with E-state index in [1.165, 1.54) is 0 Å². The van der Waals surface area contributed by atoms with Gasteiger partial charge in [-0.3, -0.25) is 0 Å². The fourth-order valence-corrected chi connectivity index (χ4v) is 2.76. The van der Waals surface area contributed by atoms with E-state index in [4.69, 9.17) is 0 Å². The summed E-state index contributed by atoms with van der Waals surface area (Å²) in [5, 5.41) is 0. The van der Waals surface area contributed by atoms with Crippen LogP contribution in [0.2, 0.25) is 0 Å². The highest BCUT2D eigenvalue weighted by atomic mass is 32.2. The second-order valence-corrected chi connectivity index (χ2v) is 6.46. The number of nitrogens with zero attached hydrogens (tertiary/aromatic N) is 1. The van der Waals surface area contributed by atoms with Crippen molar-refractivity contribution in [1.29, 1.82) is 0 Å². The molecule has 0 aliphatic heterocycles. The number of imidazole rings is 1. The molecule has 0 aliphatic rings. The van der Waals surface area contributed by atoms with Crippen LogP contribution in [0.4, 0.5) is 0 Å². The molecule has 0 saturated carbocycles. The standard InChI is InChI=1S/C11H21N3O2S/c1-10(2)5-9-17(15,16)14-6-3-4-11-12-7-8-13-11/h7-8,10,14H,3-6,9H2,1-2H3,(H,12,13). The Kier molecular flexibility index (Phi) is 5.64. The van der Waals surface area contributed by atoms with Gasteiger partial charge in [-0.05, 0) is 18.8 Å². The molecule has 0 unspecified atom stereocenters. The lowest BCUT2D eigenvalue weighted by Crippen LogP contribution is -2.28. The fourth-order valence-electron chi connectivity index (χ4n) is 1.38. The Balaban J connectivity index is 2.17. The van der Waals surface area contributed by atoms with E-state index in [0.717, 1.165) is 18.7 Å². The minimum Gasteiger partial charge on any atom is -0.349 e. The Morgan fingerprint density at radius 1 is 1.47 bits per heavy atom. The first kappa shape index (κ1) is 14.2. The molecule has 0 fully saturated rings. The van der Waals surface area contributed by atoms with Gasteiger partial charge in [-0.15, -0.1) is 0 Å². The first-order chi connectivity index (χ1) is 7.99. The molecule has 1 heterocycles. The van der Waals surface area contributed by atoms with Crippen LogP contribution in [0, 0.1) is 5.92 Å². The van der Waals surface area contributed by atoms with E-state index in [0.29, 0.717) is 18.9 Å². The third-order valence-corrected chi connectivity index (χ3v) is 3.85. The summed E-state index contributed by atoms with van der Waals surface area (Å²) >= 11 is 0. The number of hydrogen-bond acceptors (Lipinski definition) is 3. The molecule has 0 bridgehead atoms. The summed E-state index contributed by atoms with van der Waals surface area (Å²) in [7, 11) is -3.10. The van der Waals surface area contributed by atoms with Gasteiger partial charge in [-0.1, -0.05) is 13.8 Å². The fraction of sp³-hybridized carbons (Fsp3) is 0.727. The highest BCUT2D eigenvalue weighted by Gasteiger charge is 2.10. The maximum atomic E-state index is 11.6. The van der Waals surface area contributed by atoms with Crippen molar-refractivity contribution in [2.75, 3.05) is 12.3 Å². The van der Waals surface area contributed by atoms with Crippen LogP contribution in [0.25, 0.3) is 0 Å². The summed E-state index contributed by atoms with van der Waals surface area (Å²) in [6.07, 6.45) is 5.69. The first-order valence-corrected chi connectivity index (χ1v) is 7.60. The van der Waals surface area contributed by atoms with E-state index in [9.17, 15) is 8.42 Å². The smallest absolute Gasteiger partial charge is 0.211 e. The van der Waals surface area contributed by atoms with Crippen molar-refractivity contribution in [3.8, 4) is 0 Å². The predicted octanol–water partition coefficient (Wildman–Crippen LogP) is 1.31. The van der Waals surface area contributed by atoms with Gasteiger partial charge in [0.2, 0.25) is 10.0 Å². The summed E-state index contributed by atoms with van der Waals surface area (Å²) in [4.78, 5) is 7.06. The molecule has 5 nitrogen and oxygen atoms in total. The lowest BCUT2D eigenvalue weighted by molar-refractivity contribution is 0.559. The van der Waals surface area contributed by atoms with Crippen LogP contribution in [-0.4, -0.2) is 30.7 Å². The average molecular weight is 259 g/mol. The molecule has 1 aromatic rings. The number of aryl methyl sites for hydroxylation is 1. The van der Waals surface area contributed by atoms with Gasteiger partial charge in [0.25, 0.3) is 0 Å². The van der Waals surface area contributed by atoms with E-state index >= 15 is 0 Å². The number of aromatic amines is 1. The Morgan fingerprint density at radius 3 is 2.82 bits per heavy atom. The normalized spacial score (nSPS) is 12.2. The van der Waals surface area contributed by atoms with E-state index in [1.807, 2.05) is 13.8 Å². The maximum absolute atomic E-state index is 11.6. The zero-order valence-electron chi connectivity index (χ0n) is 10.4. The molecule has 2 N–H and O–H groups in total. The summed E-state index contributed by atoms with van der Waals surface area (Å²) < 4.78 is 25.7. The Labute approximate surface area is 103 Å². The molecule has 1 aromatic heterocycles. The molecule has 17 heavy (non-hydrogen) atoms. The number of H-pyrrole nitrogens is 1. The van der Waals surface area contributed by atoms with E-state index in [1.54, 1.807) is 12.4 Å². The lowest BCUT2D eigenvalue weighted by Gasteiger charge is -2.07. The monoisotopic (exact) mass is 259 g/mol. The van der Waals surface area contributed by atoms with Gasteiger partial charge in [0.1, 0.15) is 5.82 Å². The van der Waals surface area contributed by atoms with E-state index in [2.05, 4.69) is 14.7 Å². The van der Waals surface area contributed by atoms with Gasteiger partial charge in [-0.2, -0.15) is 0 Å². The summed E-state index contributed by atoms with van der Waals surface area (Å²) in [5.41, 5.74) is 0. The van der Waals surface area contributed by atoms with Crippen LogP contribution >= 0.6 is 0 Å². The molecule has 0 saturated heterocycles. The SMILES string of the molecule is CC(C)CCS(=O)(=O)NCCCc1ncc[nH]1. The molecule has 6 heteroatoms. The second kappa shape index (κ2) is 6.76. The molecule has 0 aliphatic carbocycles. The molecule has 1 rings (SSSR count). The highest BCUT2D eigenvalue weighted by Crippen LogP contribution is 2.02. The van der Waals surface area contributed by atoms with Crippen molar-refractivity contribution in [1.82, 2.24) is 14.7 Å². The van der Waals surface area contributed by atoms with Crippen molar-refractivity contribution in [2.45, 2.75) is 33.1 Å². The summed E-state index contributed by atoms with van der Waals surface area (Å²) in [6.45, 7) is 4.51. The maximum Gasteiger partial charge on any atom is 0.211 e. The van der Waals surface area contributed by atoms with Crippen molar-refractivity contribution < 1.29 is 8.42 Å². The van der Waals surface area contributed by atoms with Crippen molar-refractivity contribution in [3.05, 3.63) is 18.2 Å². The minimum atomic E-state index is -3.10. The van der Waals surface area contributed by atoms with Crippen LogP contribution in [0.1, 0.15) is 32.5 Å². The van der Waals surface area contributed by atoms with Crippen LogP contribution in [0.5, 0.6) is 0 Å². The molecule has 0 atom stereocenters. The zero-order chi connectivity index (χ0) is 12.7. The molecule has 98 valence electrons. The van der Waals surface area contributed by atoms with Crippen LogP contribution in [-0.2, 0) is 16.4 Å². The molecular formula is C11H21N3O2S. The largest absolute Gasteiger partial charge is 0.349 e. The first-order valence-electron chi connectivity index (χ1n) is 5.95. The second-order valence-electron chi connectivity index (χ2n) is 4.54. The van der Waals surface area contributed by atoms with Gasteiger partial charge >= 0.3 is 0 Å². The van der Waals surface area contributed by atoms with Crippen molar-refractivity contribution in [2.24, 2.45) is 5.92 Å². The topological polar surface area (TPSA) is 74.8 Å². The molecule has 0 spiro atoms. The van der Waals surface area contributed by atoms with Gasteiger partial charge in [0.15, 0.2) is 0 Å².